The molecule has 2 heterocycles. The molecule has 0 aliphatic heterocycles. The first-order valence-electron chi connectivity index (χ1n) is 6.28. The molecule has 2 aromatic rings. The van der Waals surface area contributed by atoms with E-state index in [4.69, 9.17) is 4.42 Å². The maximum absolute atomic E-state index is 5.26. The fourth-order valence-corrected chi connectivity index (χ4v) is 2.46. The number of likely N-dealkylation sites (N-methyl/N-ethyl adjacent to an activating group) is 1. The summed E-state index contributed by atoms with van der Waals surface area (Å²) in [4.78, 5) is 3.82. The first kappa shape index (κ1) is 13.3. The van der Waals surface area contributed by atoms with Gasteiger partial charge >= 0.3 is 0 Å². The van der Waals surface area contributed by atoms with Crippen molar-refractivity contribution < 1.29 is 4.42 Å². The lowest BCUT2D eigenvalue weighted by molar-refractivity contribution is 0.333. The van der Waals surface area contributed by atoms with E-state index in [2.05, 4.69) is 34.8 Å². The van der Waals surface area contributed by atoms with Gasteiger partial charge < -0.3 is 14.6 Å². The second kappa shape index (κ2) is 7.36. The molecule has 0 aliphatic carbocycles. The molecule has 3 nitrogen and oxygen atoms in total. The van der Waals surface area contributed by atoms with Crippen LogP contribution in [-0.4, -0.2) is 31.6 Å². The predicted octanol–water partition coefficient (Wildman–Crippen LogP) is 2.61. The molecule has 0 radical (unpaired) electrons. The number of furan rings is 1. The number of hydrogen-bond donors (Lipinski definition) is 1. The van der Waals surface area contributed by atoms with Crippen LogP contribution in [0, 0.1) is 0 Å². The lowest BCUT2D eigenvalue weighted by Gasteiger charge is -2.16. The maximum Gasteiger partial charge on any atom is 0.117 e. The Labute approximate surface area is 112 Å². The van der Waals surface area contributed by atoms with Crippen molar-refractivity contribution in [2.24, 2.45) is 0 Å². The highest BCUT2D eigenvalue weighted by Crippen LogP contribution is 2.09. The molecule has 2 rings (SSSR count). The summed E-state index contributed by atoms with van der Waals surface area (Å²) in [5.41, 5.74) is 0. The molecule has 1 N–H and O–H groups in total. The molecule has 0 saturated heterocycles. The Bertz CT molecular complexity index is 411. The van der Waals surface area contributed by atoms with Gasteiger partial charge in [0.15, 0.2) is 0 Å². The van der Waals surface area contributed by atoms with Gasteiger partial charge in [-0.25, -0.2) is 0 Å². The third kappa shape index (κ3) is 4.64. The Morgan fingerprint density at radius 3 is 2.94 bits per heavy atom. The molecular formula is C14H20N2OS. The van der Waals surface area contributed by atoms with Crippen LogP contribution in [0.3, 0.4) is 0 Å². The van der Waals surface area contributed by atoms with E-state index in [1.807, 2.05) is 23.5 Å². The van der Waals surface area contributed by atoms with Gasteiger partial charge in [-0.15, -0.1) is 11.3 Å². The van der Waals surface area contributed by atoms with Crippen LogP contribution < -0.4 is 5.32 Å². The molecule has 0 fully saturated rings. The van der Waals surface area contributed by atoms with Crippen molar-refractivity contribution in [3.63, 3.8) is 0 Å². The molecule has 0 saturated carbocycles. The molecule has 0 amide bonds. The number of hydrogen-bond acceptors (Lipinski definition) is 4. The lowest BCUT2D eigenvalue weighted by Crippen LogP contribution is -2.30. The van der Waals surface area contributed by atoms with Crippen molar-refractivity contribution in [2.75, 3.05) is 26.7 Å². The van der Waals surface area contributed by atoms with E-state index >= 15 is 0 Å². The van der Waals surface area contributed by atoms with Gasteiger partial charge in [0.2, 0.25) is 0 Å². The Morgan fingerprint density at radius 2 is 2.22 bits per heavy atom. The molecule has 4 heteroatoms. The average Bonchev–Trinajstić information content (AvgIpc) is 3.04. The molecule has 0 atom stereocenters. The molecular weight excluding hydrogens is 244 g/mol. The summed E-state index contributed by atoms with van der Waals surface area (Å²) in [6.45, 7) is 3.97. The minimum Gasteiger partial charge on any atom is -0.468 e. The van der Waals surface area contributed by atoms with E-state index in [-0.39, 0.29) is 0 Å². The minimum absolute atomic E-state index is 0.811. The van der Waals surface area contributed by atoms with Crippen LogP contribution in [0.25, 0.3) is 0 Å². The highest BCUT2D eigenvalue weighted by Gasteiger charge is 2.00. The van der Waals surface area contributed by atoms with E-state index in [9.17, 15) is 0 Å². The van der Waals surface area contributed by atoms with Gasteiger partial charge in [0, 0.05) is 24.5 Å². The predicted molar refractivity (Wildman–Crippen MR) is 75.9 cm³/mol. The summed E-state index contributed by atoms with van der Waals surface area (Å²) in [7, 11) is 2.17. The standard InChI is InChI=1S/C14H20N2OS/c1-16(8-6-14-5-3-11-18-14)9-7-15-12-13-4-2-10-17-13/h2-5,10-11,15H,6-9,12H2,1H3. The van der Waals surface area contributed by atoms with Crippen molar-refractivity contribution in [3.05, 3.63) is 46.5 Å². The van der Waals surface area contributed by atoms with Gasteiger partial charge in [-0.3, -0.25) is 0 Å². The molecule has 2 aromatic heterocycles. The largest absolute Gasteiger partial charge is 0.468 e. The molecule has 0 unspecified atom stereocenters. The monoisotopic (exact) mass is 264 g/mol. The van der Waals surface area contributed by atoms with Crippen LogP contribution in [-0.2, 0) is 13.0 Å². The van der Waals surface area contributed by atoms with Crippen molar-refractivity contribution in [2.45, 2.75) is 13.0 Å². The smallest absolute Gasteiger partial charge is 0.117 e. The quantitative estimate of drug-likeness (QED) is 0.743. The van der Waals surface area contributed by atoms with Gasteiger partial charge in [0.1, 0.15) is 5.76 Å². The molecule has 98 valence electrons. The number of thiophene rings is 1. The fraction of sp³-hybridized carbons (Fsp3) is 0.429. The molecule has 0 bridgehead atoms. The summed E-state index contributed by atoms with van der Waals surface area (Å²) in [5, 5.41) is 5.52. The molecule has 0 aliphatic rings. The second-order valence-electron chi connectivity index (χ2n) is 4.39. The number of rotatable bonds is 8. The van der Waals surface area contributed by atoms with Crippen LogP contribution >= 0.6 is 11.3 Å². The first-order valence-corrected chi connectivity index (χ1v) is 7.16. The van der Waals surface area contributed by atoms with Crippen LogP contribution in [0.2, 0.25) is 0 Å². The van der Waals surface area contributed by atoms with Crippen LogP contribution in [0.5, 0.6) is 0 Å². The summed E-state index contributed by atoms with van der Waals surface area (Å²) in [6, 6.07) is 8.23. The molecule has 0 aromatic carbocycles. The van der Waals surface area contributed by atoms with Crippen molar-refractivity contribution >= 4 is 11.3 Å². The Hall–Kier alpha value is -1.10. The Morgan fingerprint density at radius 1 is 1.28 bits per heavy atom. The summed E-state index contributed by atoms with van der Waals surface area (Å²) in [6.07, 6.45) is 2.86. The van der Waals surface area contributed by atoms with E-state index in [0.717, 1.165) is 38.4 Å². The third-order valence-corrected chi connectivity index (χ3v) is 3.81. The normalized spacial score (nSPS) is 11.2. The Balaban J connectivity index is 1.53. The second-order valence-corrected chi connectivity index (χ2v) is 5.42. The topological polar surface area (TPSA) is 28.4 Å². The van der Waals surface area contributed by atoms with Crippen molar-refractivity contribution in [1.29, 1.82) is 0 Å². The van der Waals surface area contributed by atoms with Crippen LogP contribution in [0.15, 0.2) is 40.3 Å². The van der Waals surface area contributed by atoms with Gasteiger partial charge in [0.05, 0.1) is 12.8 Å². The third-order valence-electron chi connectivity index (χ3n) is 2.87. The van der Waals surface area contributed by atoms with Crippen LogP contribution in [0.4, 0.5) is 0 Å². The minimum atomic E-state index is 0.811. The highest BCUT2D eigenvalue weighted by atomic mass is 32.1. The van der Waals surface area contributed by atoms with E-state index < -0.39 is 0 Å². The number of nitrogens with one attached hydrogen (secondary N) is 1. The molecule has 0 spiro atoms. The van der Waals surface area contributed by atoms with E-state index in [0.29, 0.717) is 0 Å². The van der Waals surface area contributed by atoms with Gasteiger partial charge in [-0.05, 0) is 37.0 Å². The van der Waals surface area contributed by atoms with Crippen LogP contribution in [0.1, 0.15) is 10.6 Å². The summed E-state index contributed by atoms with van der Waals surface area (Å²) in [5.74, 6) is 0.997. The zero-order chi connectivity index (χ0) is 12.6. The first-order chi connectivity index (χ1) is 8.84. The van der Waals surface area contributed by atoms with Gasteiger partial charge in [-0.2, -0.15) is 0 Å². The fourth-order valence-electron chi connectivity index (χ4n) is 1.76. The zero-order valence-corrected chi connectivity index (χ0v) is 11.6. The van der Waals surface area contributed by atoms with E-state index in [1.165, 1.54) is 4.88 Å². The summed E-state index contributed by atoms with van der Waals surface area (Å²) >= 11 is 1.84. The maximum atomic E-state index is 5.26. The SMILES string of the molecule is CN(CCNCc1ccco1)CCc1cccs1. The average molecular weight is 264 g/mol. The molecule has 18 heavy (non-hydrogen) atoms. The number of nitrogens with zero attached hydrogens (tertiary/aromatic N) is 1. The van der Waals surface area contributed by atoms with Gasteiger partial charge in [-0.1, -0.05) is 6.07 Å². The highest BCUT2D eigenvalue weighted by molar-refractivity contribution is 7.09. The van der Waals surface area contributed by atoms with Crippen molar-refractivity contribution in [3.8, 4) is 0 Å². The van der Waals surface area contributed by atoms with Gasteiger partial charge in [0.25, 0.3) is 0 Å². The zero-order valence-electron chi connectivity index (χ0n) is 10.8. The van der Waals surface area contributed by atoms with Crippen molar-refractivity contribution in [1.82, 2.24) is 10.2 Å². The lowest BCUT2D eigenvalue weighted by atomic mass is 10.3. The Kier molecular flexibility index (Phi) is 5.45. The summed E-state index contributed by atoms with van der Waals surface area (Å²) < 4.78 is 5.26. The van der Waals surface area contributed by atoms with E-state index in [1.54, 1.807) is 6.26 Å².